The molecule has 18 heavy (non-hydrogen) atoms. The van der Waals surface area contributed by atoms with Crippen molar-refractivity contribution in [2.45, 2.75) is 19.4 Å². The minimum absolute atomic E-state index is 0.117. The molecule has 96 valence electrons. The minimum atomic E-state index is -0.394. The maximum absolute atomic E-state index is 12.1. The number of carbonyl (C=O) groups is 1. The van der Waals surface area contributed by atoms with Crippen LogP contribution in [0.1, 0.15) is 24.2 Å². The molecule has 5 nitrogen and oxygen atoms in total. The Balaban J connectivity index is 2.17. The number of carbonyl (C=O) groups excluding carboxylic acids is 1. The first kappa shape index (κ1) is 12.6. The van der Waals surface area contributed by atoms with Crippen LogP contribution < -0.4 is 5.32 Å². The highest BCUT2D eigenvalue weighted by molar-refractivity contribution is 5.97. The topological polar surface area (TPSA) is 67.0 Å². The number of rotatable bonds is 4. The van der Waals surface area contributed by atoms with E-state index < -0.39 is 5.54 Å². The molecule has 2 aromatic rings. The van der Waals surface area contributed by atoms with Crippen LogP contribution in [0.5, 0.6) is 0 Å². The Morgan fingerprint density at radius 3 is 3.00 bits per heavy atom. The first-order chi connectivity index (χ1) is 8.52. The van der Waals surface area contributed by atoms with Gasteiger partial charge in [-0.25, -0.2) is 4.98 Å². The number of H-pyrrole nitrogens is 1. The normalized spacial score (nSPS) is 11.7. The molecule has 0 radical (unpaired) electrons. The number of methoxy groups -OCH3 is 1. The molecule has 5 heteroatoms. The summed E-state index contributed by atoms with van der Waals surface area (Å²) in [6.07, 6.45) is 1.61. The maximum Gasteiger partial charge on any atom is 0.251 e. The fourth-order valence-electron chi connectivity index (χ4n) is 1.85. The highest BCUT2D eigenvalue weighted by Crippen LogP contribution is 2.13. The molecule has 0 spiro atoms. The van der Waals surface area contributed by atoms with Gasteiger partial charge in [-0.3, -0.25) is 4.79 Å². The molecule has 0 atom stereocenters. The van der Waals surface area contributed by atoms with Gasteiger partial charge in [-0.2, -0.15) is 0 Å². The van der Waals surface area contributed by atoms with E-state index in [0.717, 1.165) is 11.0 Å². The molecule has 0 aliphatic carbocycles. The van der Waals surface area contributed by atoms with Crippen molar-refractivity contribution in [1.29, 1.82) is 0 Å². The standard InChI is InChI=1S/C13H17N3O2/c1-13(2,7-18-3)16-12(17)9-4-5-10-11(6-9)15-8-14-10/h4-6,8H,7H2,1-3H3,(H,14,15)(H,16,17). The van der Waals surface area contributed by atoms with Gasteiger partial charge in [0.25, 0.3) is 5.91 Å². The molecular formula is C13H17N3O2. The SMILES string of the molecule is COCC(C)(C)NC(=O)c1ccc2nc[nH]c2c1. The summed E-state index contributed by atoms with van der Waals surface area (Å²) in [6.45, 7) is 4.30. The minimum Gasteiger partial charge on any atom is -0.382 e. The maximum atomic E-state index is 12.1. The van der Waals surface area contributed by atoms with E-state index in [9.17, 15) is 4.79 Å². The van der Waals surface area contributed by atoms with Crippen molar-refractivity contribution in [3.63, 3.8) is 0 Å². The van der Waals surface area contributed by atoms with Crippen molar-refractivity contribution < 1.29 is 9.53 Å². The van der Waals surface area contributed by atoms with Gasteiger partial charge in [-0.05, 0) is 32.0 Å². The number of benzene rings is 1. The summed E-state index contributed by atoms with van der Waals surface area (Å²) in [5.41, 5.74) is 1.92. The van der Waals surface area contributed by atoms with E-state index in [4.69, 9.17) is 4.74 Å². The van der Waals surface area contributed by atoms with Gasteiger partial charge in [-0.15, -0.1) is 0 Å². The van der Waals surface area contributed by atoms with Crippen molar-refractivity contribution >= 4 is 16.9 Å². The third-order valence-corrected chi connectivity index (χ3v) is 2.64. The molecule has 0 aliphatic rings. The molecule has 0 fully saturated rings. The second-order valence-electron chi connectivity index (χ2n) is 4.91. The molecule has 1 aromatic heterocycles. The summed E-state index contributed by atoms with van der Waals surface area (Å²) in [4.78, 5) is 19.2. The second-order valence-corrected chi connectivity index (χ2v) is 4.91. The van der Waals surface area contributed by atoms with Crippen molar-refractivity contribution in [3.8, 4) is 0 Å². The zero-order valence-corrected chi connectivity index (χ0v) is 10.8. The second kappa shape index (κ2) is 4.78. The lowest BCUT2D eigenvalue weighted by Gasteiger charge is -2.25. The van der Waals surface area contributed by atoms with Crippen LogP contribution in [0.15, 0.2) is 24.5 Å². The van der Waals surface area contributed by atoms with Crippen molar-refractivity contribution in [2.24, 2.45) is 0 Å². The van der Waals surface area contributed by atoms with Crippen LogP contribution >= 0.6 is 0 Å². The van der Waals surface area contributed by atoms with E-state index in [1.165, 1.54) is 0 Å². The molecule has 1 amide bonds. The number of nitrogens with one attached hydrogen (secondary N) is 2. The molecule has 0 saturated carbocycles. The lowest BCUT2D eigenvalue weighted by molar-refractivity contribution is 0.0820. The molecule has 0 aliphatic heterocycles. The molecule has 1 aromatic carbocycles. The third kappa shape index (κ3) is 2.68. The molecule has 2 N–H and O–H groups in total. The van der Waals surface area contributed by atoms with Crippen LogP contribution in [0.25, 0.3) is 11.0 Å². The highest BCUT2D eigenvalue weighted by atomic mass is 16.5. The summed E-state index contributed by atoms with van der Waals surface area (Å²) in [6, 6.07) is 5.38. The smallest absolute Gasteiger partial charge is 0.251 e. The van der Waals surface area contributed by atoms with Gasteiger partial charge >= 0.3 is 0 Å². The molecule has 0 unspecified atom stereocenters. The number of aromatic nitrogens is 2. The van der Waals surface area contributed by atoms with Crippen LogP contribution in [0.4, 0.5) is 0 Å². The highest BCUT2D eigenvalue weighted by Gasteiger charge is 2.21. The van der Waals surface area contributed by atoms with E-state index in [0.29, 0.717) is 12.2 Å². The van der Waals surface area contributed by atoms with Gasteiger partial charge in [0.2, 0.25) is 0 Å². The first-order valence-corrected chi connectivity index (χ1v) is 5.76. The largest absolute Gasteiger partial charge is 0.382 e. The summed E-state index contributed by atoms with van der Waals surface area (Å²) < 4.78 is 5.07. The number of hydrogen-bond donors (Lipinski definition) is 2. The van der Waals surface area contributed by atoms with Crippen LogP contribution in [-0.4, -0.2) is 35.1 Å². The van der Waals surface area contributed by atoms with Crippen LogP contribution in [-0.2, 0) is 4.74 Å². The van der Waals surface area contributed by atoms with Gasteiger partial charge in [-0.1, -0.05) is 0 Å². The van der Waals surface area contributed by atoms with Gasteiger partial charge in [0.05, 0.1) is 29.5 Å². The van der Waals surface area contributed by atoms with E-state index in [1.807, 2.05) is 19.9 Å². The van der Waals surface area contributed by atoms with E-state index >= 15 is 0 Å². The Hall–Kier alpha value is -1.88. The number of imidazole rings is 1. The van der Waals surface area contributed by atoms with E-state index in [2.05, 4.69) is 15.3 Å². The summed E-state index contributed by atoms with van der Waals surface area (Å²) >= 11 is 0. The number of ether oxygens (including phenoxy) is 1. The predicted octanol–water partition coefficient (Wildman–Crippen LogP) is 1.72. The number of amides is 1. The fourth-order valence-corrected chi connectivity index (χ4v) is 1.85. The number of hydrogen-bond acceptors (Lipinski definition) is 3. The lowest BCUT2D eigenvalue weighted by Crippen LogP contribution is -2.46. The molecule has 1 heterocycles. The summed E-state index contributed by atoms with van der Waals surface area (Å²) in [5, 5.41) is 2.93. The Labute approximate surface area is 106 Å². The average molecular weight is 247 g/mol. The van der Waals surface area contributed by atoms with Crippen LogP contribution in [0, 0.1) is 0 Å². The Morgan fingerprint density at radius 1 is 1.50 bits per heavy atom. The quantitative estimate of drug-likeness (QED) is 0.864. The van der Waals surface area contributed by atoms with Crippen molar-refractivity contribution in [2.75, 3.05) is 13.7 Å². The average Bonchev–Trinajstić information content (AvgIpc) is 2.74. The summed E-state index contributed by atoms with van der Waals surface area (Å²) in [7, 11) is 1.62. The van der Waals surface area contributed by atoms with E-state index in [1.54, 1.807) is 25.6 Å². The predicted molar refractivity (Wildman–Crippen MR) is 69.5 cm³/mol. The molecular weight excluding hydrogens is 230 g/mol. The number of aromatic amines is 1. The van der Waals surface area contributed by atoms with Crippen LogP contribution in [0.3, 0.4) is 0 Å². The summed E-state index contributed by atoms with van der Waals surface area (Å²) in [5.74, 6) is -0.117. The van der Waals surface area contributed by atoms with E-state index in [-0.39, 0.29) is 5.91 Å². The number of fused-ring (bicyclic) bond motifs is 1. The Morgan fingerprint density at radius 2 is 2.28 bits per heavy atom. The van der Waals surface area contributed by atoms with Gasteiger partial charge in [0.1, 0.15) is 0 Å². The van der Waals surface area contributed by atoms with Gasteiger partial charge in [0, 0.05) is 12.7 Å². The zero-order valence-electron chi connectivity index (χ0n) is 10.8. The zero-order chi connectivity index (χ0) is 13.2. The van der Waals surface area contributed by atoms with Crippen LogP contribution in [0.2, 0.25) is 0 Å². The monoisotopic (exact) mass is 247 g/mol. The fraction of sp³-hybridized carbons (Fsp3) is 0.385. The van der Waals surface area contributed by atoms with Crippen molar-refractivity contribution in [3.05, 3.63) is 30.1 Å². The molecule has 2 rings (SSSR count). The Kier molecular flexibility index (Phi) is 3.34. The molecule has 0 bridgehead atoms. The third-order valence-electron chi connectivity index (χ3n) is 2.64. The first-order valence-electron chi connectivity index (χ1n) is 5.76. The van der Waals surface area contributed by atoms with Gasteiger partial charge in [0.15, 0.2) is 0 Å². The Bertz CT molecular complexity index is 560. The lowest BCUT2D eigenvalue weighted by atomic mass is 10.1. The van der Waals surface area contributed by atoms with Gasteiger partial charge < -0.3 is 15.0 Å². The molecule has 0 saturated heterocycles. The number of nitrogens with zero attached hydrogens (tertiary/aromatic N) is 1. The van der Waals surface area contributed by atoms with Crippen molar-refractivity contribution in [1.82, 2.24) is 15.3 Å².